The number of rotatable bonds is 3. The van der Waals surface area contributed by atoms with E-state index in [2.05, 4.69) is 4.98 Å². The molecule has 0 aliphatic carbocycles. The minimum absolute atomic E-state index is 0.143. The van der Waals surface area contributed by atoms with Crippen molar-refractivity contribution in [2.24, 2.45) is 0 Å². The van der Waals surface area contributed by atoms with Crippen LogP contribution in [0.4, 0.5) is 0 Å². The lowest BCUT2D eigenvalue weighted by Crippen LogP contribution is -2.30. The highest BCUT2D eigenvalue weighted by molar-refractivity contribution is 6.31. The Kier molecular flexibility index (Phi) is 3.43. The summed E-state index contributed by atoms with van der Waals surface area (Å²) in [5, 5.41) is 0.453. The van der Waals surface area contributed by atoms with Crippen molar-refractivity contribution in [2.75, 3.05) is 0 Å². The second-order valence-electron chi connectivity index (χ2n) is 3.67. The number of ketones is 1. The van der Waals surface area contributed by atoms with Crippen LogP contribution in [0, 0.1) is 0 Å². The van der Waals surface area contributed by atoms with E-state index in [9.17, 15) is 14.4 Å². The molecule has 18 heavy (non-hydrogen) atoms. The second-order valence-corrected chi connectivity index (χ2v) is 4.11. The summed E-state index contributed by atoms with van der Waals surface area (Å²) in [6.07, 6.45) is 1.28. The molecule has 0 amide bonds. The average Bonchev–Trinajstić information content (AvgIpc) is 2.32. The van der Waals surface area contributed by atoms with E-state index >= 15 is 0 Å². The summed E-state index contributed by atoms with van der Waals surface area (Å²) in [5.74, 6) is -0.258. The van der Waals surface area contributed by atoms with Gasteiger partial charge in [-0.1, -0.05) is 23.7 Å². The standard InChI is InChI=1S/C12H9ClN2O3/c13-9-3-1-2-8(6-9)10(16)7-15-5-4-11(17)14-12(15)18/h1-6H,7H2,(H,14,17,18). The lowest BCUT2D eigenvalue weighted by atomic mass is 10.1. The number of H-pyrrole nitrogens is 1. The molecule has 0 saturated heterocycles. The van der Waals surface area contributed by atoms with Gasteiger partial charge in [0.1, 0.15) is 0 Å². The summed E-state index contributed by atoms with van der Waals surface area (Å²) in [6.45, 7) is -0.143. The van der Waals surface area contributed by atoms with Gasteiger partial charge in [0, 0.05) is 22.8 Å². The van der Waals surface area contributed by atoms with E-state index in [0.717, 1.165) is 4.57 Å². The Bertz CT molecular complexity index is 703. The highest BCUT2D eigenvalue weighted by atomic mass is 35.5. The lowest BCUT2D eigenvalue weighted by molar-refractivity contribution is 0.0970. The number of hydrogen-bond donors (Lipinski definition) is 1. The van der Waals surface area contributed by atoms with Gasteiger partial charge in [0.2, 0.25) is 0 Å². The van der Waals surface area contributed by atoms with Gasteiger partial charge in [0.25, 0.3) is 5.56 Å². The van der Waals surface area contributed by atoms with Gasteiger partial charge in [0.05, 0.1) is 6.54 Å². The second kappa shape index (κ2) is 5.01. The van der Waals surface area contributed by atoms with Crippen molar-refractivity contribution in [3.8, 4) is 0 Å². The van der Waals surface area contributed by atoms with Crippen LogP contribution in [0.15, 0.2) is 46.1 Å². The van der Waals surface area contributed by atoms with Gasteiger partial charge in [-0.15, -0.1) is 0 Å². The third kappa shape index (κ3) is 2.75. The first kappa shape index (κ1) is 12.3. The number of Topliss-reactive ketones (excluding diaryl/α,β-unsaturated/α-hetero) is 1. The van der Waals surface area contributed by atoms with Crippen LogP contribution < -0.4 is 11.2 Å². The third-order valence-electron chi connectivity index (χ3n) is 2.36. The first-order valence-electron chi connectivity index (χ1n) is 5.15. The molecule has 0 fully saturated rings. The SMILES string of the molecule is O=C(Cn1ccc(=O)[nH]c1=O)c1cccc(Cl)c1. The van der Waals surface area contributed by atoms with Crippen LogP contribution in [0.5, 0.6) is 0 Å². The van der Waals surface area contributed by atoms with Gasteiger partial charge in [-0.3, -0.25) is 19.1 Å². The van der Waals surface area contributed by atoms with Crippen molar-refractivity contribution in [1.29, 1.82) is 0 Å². The van der Waals surface area contributed by atoms with Crippen molar-refractivity contribution in [1.82, 2.24) is 9.55 Å². The van der Waals surface area contributed by atoms with E-state index in [4.69, 9.17) is 11.6 Å². The quantitative estimate of drug-likeness (QED) is 0.843. The fraction of sp³-hybridized carbons (Fsp3) is 0.0833. The van der Waals surface area contributed by atoms with Crippen LogP contribution in [-0.2, 0) is 6.54 Å². The van der Waals surface area contributed by atoms with Crippen LogP contribution >= 0.6 is 11.6 Å². The zero-order valence-electron chi connectivity index (χ0n) is 9.22. The Morgan fingerprint density at radius 1 is 1.28 bits per heavy atom. The predicted octanol–water partition coefficient (Wildman–Crippen LogP) is 1.07. The zero-order valence-corrected chi connectivity index (χ0v) is 9.98. The molecular formula is C12H9ClN2O3. The molecule has 0 atom stereocenters. The molecule has 5 nitrogen and oxygen atoms in total. The summed E-state index contributed by atoms with van der Waals surface area (Å²) in [6, 6.07) is 7.65. The zero-order chi connectivity index (χ0) is 13.1. The molecule has 1 N–H and O–H groups in total. The first-order valence-corrected chi connectivity index (χ1v) is 5.52. The van der Waals surface area contributed by atoms with E-state index in [0.29, 0.717) is 10.6 Å². The lowest BCUT2D eigenvalue weighted by Gasteiger charge is -2.04. The van der Waals surface area contributed by atoms with Gasteiger partial charge in [0.15, 0.2) is 5.78 Å². The highest BCUT2D eigenvalue weighted by Crippen LogP contribution is 2.11. The molecule has 92 valence electrons. The maximum atomic E-state index is 11.9. The molecule has 2 aromatic rings. The van der Waals surface area contributed by atoms with Gasteiger partial charge < -0.3 is 0 Å². The molecule has 0 radical (unpaired) electrons. The largest absolute Gasteiger partial charge is 0.328 e. The Labute approximate surface area is 107 Å². The number of carbonyl (C=O) groups is 1. The molecule has 1 heterocycles. The number of benzene rings is 1. The van der Waals surface area contributed by atoms with Gasteiger partial charge in [-0.2, -0.15) is 0 Å². The van der Waals surface area contributed by atoms with Crippen molar-refractivity contribution in [3.05, 3.63) is 68.0 Å². The molecule has 0 saturated carbocycles. The number of nitrogens with zero attached hydrogens (tertiary/aromatic N) is 1. The molecule has 1 aromatic heterocycles. The van der Waals surface area contributed by atoms with E-state index in [-0.39, 0.29) is 12.3 Å². The Hall–Kier alpha value is -2.14. The fourth-order valence-corrected chi connectivity index (χ4v) is 1.67. The number of carbonyl (C=O) groups excluding carboxylic acids is 1. The highest BCUT2D eigenvalue weighted by Gasteiger charge is 2.08. The molecule has 2 rings (SSSR count). The molecule has 0 spiro atoms. The fourth-order valence-electron chi connectivity index (χ4n) is 1.48. The maximum Gasteiger partial charge on any atom is 0.328 e. The van der Waals surface area contributed by atoms with E-state index < -0.39 is 11.2 Å². The summed E-state index contributed by atoms with van der Waals surface area (Å²) in [4.78, 5) is 36.2. The average molecular weight is 265 g/mol. The van der Waals surface area contributed by atoms with Crippen LogP contribution in [0.2, 0.25) is 5.02 Å². The van der Waals surface area contributed by atoms with E-state index in [1.165, 1.54) is 18.3 Å². The molecular weight excluding hydrogens is 256 g/mol. The predicted molar refractivity (Wildman–Crippen MR) is 67.1 cm³/mol. The Morgan fingerprint density at radius 3 is 2.72 bits per heavy atom. The van der Waals surface area contributed by atoms with Crippen molar-refractivity contribution in [2.45, 2.75) is 6.54 Å². The van der Waals surface area contributed by atoms with Gasteiger partial charge in [-0.25, -0.2) is 4.79 Å². The minimum atomic E-state index is -0.613. The molecule has 0 aliphatic heterocycles. The van der Waals surface area contributed by atoms with Crippen LogP contribution in [-0.4, -0.2) is 15.3 Å². The van der Waals surface area contributed by atoms with E-state index in [1.54, 1.807) is 18.2 Å². The topological polar surface area (TPSA) is 71.9 Å². The van der Waals surface area contributed by atoms with Crippen molar-refractivity contribution >= 4 is 17.4 Å². The van der Waals surface area contributed by atoms with E-state index in [1.807, 2.05) is 0 Å². The van der Waals surface area contributed by atoms with Gasteiger partial charge >= 0.3 is 5.69 Å². The maximum absolute atomic E-state index is 11.9. The number of nitrogens with one attached hydrogen (secondary N) is 1. The molecule has 0 bridgehead atoms. The Morgan fingerprint density at radius 2 is 2.06 bits per heavy atom. The third-order valence-corrected chi connectivity index (χ3v) is 2.59. The molecule has 6 heteroatoms. The number of aromatic amines is 1. The normalized spacial score (nSPS) is 10.3. The molecule has 0 aliphatic rings. The molecule has 1 aromatic carbocycles. The van der Waals surface area contributed by atoms with Gasteiger partial charge in [-0.05, 0) is 12.1 Å². The van der Waals surface area contributed by atoms with Crippen LogP contribution in [0.1, 0.15) is 10.4 Å². The smallest absolute Gasteiger partial charge is 0.293 e. The Balaban J connectivity index is 2.27. The summed E-state index contributed by atoms with van der Waals surface area (Å²) in [5.41, 5.74) is -0.690. The molecule has 0 unspecified atom stereocenters. The number of hydrogen-bond acceptors (Lipinski definition) is 3. The number of aromatic nitrogens is 2. The van der Waals surface area contributed by atoms with Crippen LogP contribution in [0.3, 0.4) is 0 Å². The summed E-state index contributed by atoms with van der Waals surface area (Å²) < 4.78 is 1.13. The first-order chi connectivity index (χ1) is 8.56. The van der Waals surface area contributed by atoms with Crippen molar-refractivity contribution in [3.63, 3.8) is 0 Å². The minimum Gasteiger partial charge on any atom is -0.293 e. The van der Waals surface area contributed by atoms with Crippen LogP contribution in [0.25, 0.3) is 0 Å². The monoisotopic (exact) mass is 264 g/mol. The summed E-state index contributed by atoms with van der Waals surface area (Å²) in [7, 11) is 0. The van der Waals surface area contributed by atoms with Crippen molar-refractivity contribution < 1.29 is 4.79 Å². The summed E-state index contributed by atoms with van der Waals surface area (Å²) >= 11 is 5.78. The number of halogens is 1.